The molecule has 0 aromatic heterocycles. The SMILES string of the molecule is CC(C)[C@@H]1CC[C@@H](C)CC1[C@@H]1C[C@]1(F)S(=O)(=O)c1ccccc1. The van der Waals surface area contributed by atoms with Crippen molar-refractivity contribution >= 4 is 9.84 Å². The maximum Gasteiger partial charge on any atom is 0.218 e. The lowest BCUT2D eigenvalue weighted by Gasteiger charge is -2.38. The van der Waals surface area contributed by atoms with Gasteiger partial charge in [-0.2, -0.15) is 0 Å². The van der Waals surface area contributed by atoms with Crippen molar-refractivity contribution in [3.8, 4) is 0 Å². The Morgan fingerprint density at radius 3 is 2.43 bits per heavy atom. The summed E-state index contributed by atoms with van der Waals surface area (Å²) in [6, 6.07) is 8.09. The van der Waals surface area contributed by atoms with E-state index in [9.17, 15) is 8.42 Å². The molecule has 2 saturated carbocycles. The van der Waals surface area contributed by atoms with E-state index in [0.717, 1.165) is 12.8 Å². The number of hydrogen-bond donors (Lipinski definition) is 0. The molecule has 0 radical (unpaired) electrons. The van der Waals surface area contributed by atoms with Crippen molar-refractivity contribution in [1.82, 2.24) is 0 Å². The van der Waals surface area contributed by atoms with Crippen LogP contribution in [0.1, 0.15) is 46.5 Å². The van der Waals surface area contributed by atoms with Crippen LogP contribution in [0.5, 0.6) is 0 Å². The molecule has 2 fully saturated rings. The van der Waals surface area contributed by atoms with E-state index in [1.807, 2.05) is 0 Å². The summed E-state index contributed by atoms with van der Waals surface area (Å²) in [6.07, 6.45) is 3.41. The smallest absolute Gasteiger partial charge is 0.218 e. The lowest BCUT2D eigenvalue weighted by molar-refractivity contribution is 0.113. The Bertz CT molecular complexity index is 655. The summed E-state index contributed by atoms with van der Waals surface area (Å²) >= 11 is 0. The first-order chi connectivity index (χ1) is 10.8. The summed E-state index contributed by atoms with van der Waals surface area (Å²) in [6.45, 7) is 6.57. The van der Waals surface area contributed by atoms with E-state index in [1.165, 1.54) is 18.6 Å². The van der Waals surface area contributed by atoms with Gasteiger partial charge in [0.1, 0.15) is 0 Å². The molecule has 0 spiro atoms. The highest BCUT2D eigenvalue weighted by Crippen LogP contribution is 2.62. The first-order valence-corrected chi connectivity index (χ1v) is 10.2. The normalized spacial score (nSPS) is 37.8. The molecule has 23 heavy (non-hydrogen) atoms. The van der Waals surface area contributed by atoms with Gasteiger partial charge < -0.3 is 0 Å². The number of alkyl halides is 1. The van der Waals surface area contributed by atoms with Crippen LogP contribution in [0.25, 0.3) is 0 Å². The molecule has 0 bridgehead atoms. The molecule has 0 N–H and O–H groups in total. The van der Waals surface area contributed by atoms with Gasteiger partial charge in [-0.05, 0) is 48.6 Å². The predicted octanol–water partition coefficient (Wildman–Crippen LogP) is 4.85. The van der Waals surface area contributed by atoms with Crippen LogP contribution in [0.2, 0.25) is 0 Å². The van der Waals surface area contributed by atoms with Gasteiger partial charge in [-0.3, -0.25) is 0 Å². The molecule has 2 aliphatic carbocycles. The predicted molar refractivity (Wildman–Crippen MR) is 90.4 cm³/mol. The fourth-order valence-corrected chi connectivity index (χ4v) is 6.43. The molecule has 0 amide bonds. The van der Waals surface area contributed by atoms with Crippen molar-refractivity contribution in [2.75, 3.05) is 0 Å². The van der Waals surface area contributed by atoms with Crippen LogP contribution in [0.4, 0.5) is 4.39 Å². The molecule has 0 saturated heterocycles. The van der Waals surface area contributed by atoms with E-state index in [-0.39, 0.29) is 23.2 Å². The van der Waals surface area contributed by atoms with Crippen LogP contribution >= 0.6 is 0 Å². The van der Waals surface area contributed by atoms with Crippen molar-refractivity contribution < 1.29 is 12.8 Å². The van der Waals surface area contributed by atoms with Gasteiger partial charge in [0.2, 0.25) is 14.8 Å². The fourth-order valence-electron chi connectivity index (χ4n) is 4.56. The van der Waals surface area contributed by atoms with Gasteiger partial charge in [-0.1, -0.05) is 45.4 Å². The Labute approximate surface area is 139 Å². The van der Waals surface area contributed by atoms with Gasteiger partial charge in [-0.15, -0.1) is 0 Å². The number of benzene rings is 1. The van der Waals surface area contributed by atoms with Gasteiger partial charge in [0, 0.05) is 12.3 Å². The summed E-state index contributed by atoms with van der Waals surface area (Å²) in [5.74, 6) is 1.36. The minimum atomic E-state index is -3.90. The van der Waals surface area contributed by atoms with Gasteiger partial charge in [-0.25, -0.2) is 12.8 Å². The molecule has 4 heteroatoms. The summed E-state index contributed by atoms with van der Waals surface area (Å²) in [5, 5.41) is -2.05. The zero-order valence-corrected chi connectivity index (χ0v) is 15.0. The highest BCUT2D eigenvalue weighted by atomic mass is 32.2. The van der Waals surface area contributed by atoms with Crippen LogP contribution in [0.3, 0.4) is 0 Å². The molecular formula is C19H27FO2S. The molecule has 3 rings (SSSR count). The number of hydrogen-bond acceptors (Lipinski definition) is 2. The third-order valence-electron chi connectivity index (χ3n) is 5.98. The zero-order valence-electron chi connectivity index (χ0n) is 14.2. The Morgan fingerprint density at radius 1 is 1.17 bits per heavy atom. The van der Waals surface area contributed by atoms with E-state index in [0.29, 0.717) is 17.8 Å². The first kappa shape index (κ1) is 16.9. The highest BCUT2D eigenvalue weighted by molar-refractivity contribution is 7.93. The molecule has 2 nitrogen and oxygen atoms in total. The average molecular weight is 338 g/mol. The van der Waals surface area contributed by atoms with E-state index in [1.54, 1.807) is 18.2 Å². The zero-order chi connectivity index (χ0) is 16.8. The minimum absolute atomic E-state index is 0.120. The quantitative estimate of drug-likeness (QED) is 0.786. The van der Waals surface area contributed by atoms with E-state index in [4.69, 9.17) is 0 Å². The first-order valence-electron chi connectivity index (χ1n) is 8.76. The summed E-state index contributed by atoms with van der Waals surface area (Å²) in [4.78, 5) is 0.120. The monoisotopic (exact) mass is 338 g/mol. The van der Waals surface area contributed by atoms with E-state index < -0.39 is 14.8 Å². The maximum absolute atomic E-state index is 15.4. The third-order valence-corrected chi connectivity index (χ3v) is 8.24. The van der Waals surface area contributed by atoms with Gasteiger partial charge in [0.25, 0.3) is 0 Å². The second kappa shape index (κ2) is 5.87. The Kier molecular flexibility index (Phi) is 4.33. The van der Waals surface area contributed by atoms with Crippen LogP contribution < -0.4 is 0 Å². The van der Waals surface area contributed by atoms with Crippen LogP contribution in [0, 0.1) is 29.6 Å². The standard InChI is InChI=1S/C19H27FO2S/c1-13(2)16-10-9-14(3)11-17(16)18-12-19(18,20)23(21,22)15-7-5-4-6-8-15/h4-8,13-14,16-18H,9-12H2,1-3H3/t14-,16+,17?,18+,19+/m1/s1. The Morgan fingerprint density at radius 2 is 1.83 bits per heavy atom. The molecule has 0 heterocycles. The van der Waals surface area contributed by atoms with Crippen molar-refractivity contribution in [2.45, 2.75) is 56.4 Å². The van der Waals surface area contributed by atoms with E-state index >= 15 is 4.39 Å². The summed E-state index contributed by atoms with van der Waals surface area (Å²) < 4.78 is 40.9. The lowest BCUT2D eigenvalue weighted by Crippen LogP contribution is -2.33. The second-order valence-corrected chi connectivity index (χ2v) is 10.1. The topological polar surface area (TPSA) is 34.1 Å². The van der Waals surface area contributed by atoms with Gasteiger partial charge >= 0.3 is 0 Å². The maximum atomic E-state index is 15.4. The van der Waals surface area contributed by atoms with E-state index in [2.05, 4.69) is 20.8 Å². The van der Waals surface area contributed by atoms with Crippen LogP contribution in [-0.2, 0) is 9.84 Å². The molecule has 1 aromatic rings. The molecule has 128 valence electrons. The van der Waals surface area contributed by atoms with Crippen molar-refractivity contribution in [3.05, 3.63) is 30.3 Å². The van der Waals surface area contributed by atoms with Crippen molar-refractivity contribution in [1.29, 1.82) is 0 Å². The van der Waals surface area contributed by atoms with Crippen LogP contribution in [-0.4, -0.2) is 13.4 Å². The molecule has 1 unspecified atom stereocenters. The second-order valence-electron chi connectivity index (χ2n) is 7.90. The van der Waals surface area contributed by atoms with Gasteiger partial charge in [0.15, 0.2) is 0 Å². The molecule has 0 aliphatic heterocycles. The molecule has 1 aromatic carbocycles. The summed E-state index contributed by atoms with van der Waals surface area (Å²) in [7, 11) is -3.90. The molecule has 5 atom stereocenters. The van der Waals surface area contributed by atoms with Crippen molar-refractivity contribution in [3.63, 3.8) is 0 Å². The third kappa shape index (κ3) is 2.84. The Hall–Kier alpha value is -0.900. The lowest BCUT2D eigenvalue weighted by atomic mass is 9.68. The van der Waals surface area contributed by atoms with Crippen molar-refractivity contribution in [2.24, 2.45) is 29.6 Å². The largest absolute Gasteiger partial charge is 0.226 e. The number of rotatable bonds is 4. The average Bonchev–Trinajstić information content (AvgIpc) is 3.22. The number of sulfone groups is 1. The van der Waals surface area contributed by atoms with Gasteiger partial charge in [0.05, 0.1) is 4.90 Å². The highest BCUT2D eigenvalue weighted by Gasteiger charge is 2.68. The molecular weight excluding hydrogens is 311 g/mol. The van der Waals surface area contributed by atoms with Crippen LogP contribution in [0.15, 0.2) is 35.2 Å². The summed E-state index contributed by atoms with van der Waals surface area (Å²) in [5.41, 5.74) is 0. The minimum Gasteiger partial charge on any atom is -0.226 e. The number of halogens is 1. The Balaban J connectivity index is 1.86. The fraction of sp³-hybridized carbons (Fsp3) is 0.684. The molecule has 2 aliphatic rings.